The maximum absolute atomic E-state index is 12.3. The lowest BCUT2D eigenvalue weighted by atomic mass is 10.1. The summed E-state index contributed by atoms with van der Waals surface area (Å²) < 4.78 is 30.0. The lowest BCUT2D eigenvalue weighted by molar-refractivity contribution is 0.181. The average molecular weight is 353 g/mol. The molecule has 7 heteroatoms. The first-order chi connectivity index (χ1) is 11.5. The van der Waals surface area contributed by atoms with Gasteiger partial charge in [0.1, 0.15) is 0 Å². The van der Waals surface area contributed by atoms with E-state index in [0.29, 0.717) is 10.8 Å². The van der Waals surface area contributed by atoms with Crippen LogP contribution < -0.4 is 5.32 Å². The van der Waals surface area contributed by atoms with Crippen molar-refractivity contribution in [2.75, 3.05) is 45.6 Å². The summed E-state index contributed by atoms with van der Waals surface area (Å²) in [6.45, 7) is 5.45. The molecule has 2 rings (SSSR count). The van der Waals surface area contributed by atoms with Gasteiger partial charge >= 0.3 is 0 Å². The van der Waals surface area contributed by atoms with Gasteiger partial charge in [-0.15, -0.1) is 0 Å². The first kappa shape index (κ1) is 18.7. The van der Waals surface area contributed by atoms with E-state index >= 15 is 0 Å². The standard InChI is InChI=1S/C17H27N3O3S/c1-3-18-17(20(2)13-15-9-11-23-14-15)19-10-12-24(21,22)16-7-5-4-6-8-16/h4-8,15H,3,9-14H2,1-2H3,(H,18,19). The summed E-state index contributed by atoms with van der Waals surface area (Å²) in [6.07, 6.45) is 1.06. The van der Waals surface area contributed by atoms with Crippen LogP contribution >= 0.6 is 0 Å². The predicted molar refractivity (Wildman–Crippen MR) is 96.0 cm³/mol. The summed E-state index contributed by atoms with van der Waals surface area (Å²) in [6, 6.07) is 8.52. The van der Waals surface area contributed by atoms with Crippen LogP contribution in [-0.2, 0) is 14.6 Å². The van der Waals surface area contributed by atoms with E-state index in [1.165, 1.54) is 0 Å². The highest BCUT2D eigenvalue weighted by Crippen LogP contribution is 2.13. The van der Waals surface area contributed by atoms with Crippen LogP contribution in [0.1, 0.15) is 13.3 Å². The Bertz CT molecular complexity index is 626. The van der Waals surface area contributed by atoms with Gasteiger partial charge in [-0.3, -0.25) is 4.99 Å². The molecule has 1 fully saturated rings. The number of aliphatic imine (C=N–C) groups is 1. The van der Waals surface area contributed by atoms with Crippen LogP contribution in [-0.4, -0.2) is 64.9 Å². The molecule has 1 saturated heterocycles. The van der Waals surface area contributed by atoms with Crippen LogP contribution in [0.2, 0.25) is 0 Å². The highest BCUT2D eigenvalue weighted by Gasteiger charge is 2.19. The summed E-state index contributed by atoms with van der Waals surface area (Å²) in [5.74, 6) is 1.26. The van der Waals surface area contributed by atoms with Crippen molar-refractivity contribution in [3.05, 3.63) is 30.3 Å². The lowest BCUT2D eigenvalue weighted by Crippen LogP contribution is -2.41. The molecule has 0 aromatic heterocycles. The first-order valence-electron chi connectivity index (χ1n) is 8.38. The van der Waals surface area contributed by atoms with Crippen molar-refractivity contribution in [1.82, 2.24) is 10.2 Å². The largest absolute Gasteiger partial charge is 0.381 e. The molecule has 0 aliphatic carbocycles. The minimum Gasteiger partial charge on any atom is -0.381 e. The first-order valence-corrected chi connectivity index (χ1v) is 10.0. The number of hydrogen-bond donors (Lipinski definition) is 1. The Morgan fingerprint density at radius 2 is 2.12 bits per heavy atom. The number of nitrogens with one attached hydrogen (secondary N) is 1. The third kappa shape index (κ3) is 5.49. The molecule has 0 bridgehead atoms. The fraction of sp³-hybridized carbons (Fsp3) is 0.588. The molecule has 0 spiro atoms. The van der Waals surface area contributed by atoms with Crippen molar-refractivity contribution in [1.29, 1.82) is 0 Å². The highest BCUT2D eigenvalue weighted by molar-refractivity contribution is 7.91. The Morgan fingerprint density at radius 1 is 1.38 bits per heavy atom. The van der Waals surface area contributed by atoms with Crippen molar-refractivity contribution >= 4 is 15.8 Å². The molecule has 1 aromatic rings. The van der Waals surface area contributed by atoms with E-state index in [4.69, 9.17) is 4.74 Å². The summed E-state index contributed by atoms with van der Waals surface area (Å²) >= 11 is 0. The Labute approximate surface area is 144 Å². The minimum absolute atomic E-state index is 0.00624. The number of rotatable bonds is 7. The minimum atomic E-state index is -3.29. The summed E-state index contributed by atoms with van der Waals surface area (Å²) in [5, 5.41) is 3.22. The molecule has 134 valence electrons. The van der Waals surface area contributed by atoms with Crippen molar-refractivity contribution in [2.24, 2.45) is 10.9 Å². The molecule has 6 nitrogen and oxygen atoms in total. The van der Waals surface area contributed by atoms with E-state index in [2.05, 4.69) is 15.2 Å². The second-order valence-electron chi connectivity index (χ2n) is 5.98. The summed E-state index contributed by atoms with van der Waals surface area (Å²) in [7, 11) is -1.31. The van der Waals surface area contributed by atoms with Crippen LogP contribution in [0.4, 0.5) is 0 Å². The third-order valence-corrected chi connectivity index (χ3v) is 5.69. The van der Waals surface area contributed by atoms with Gasteiger partial charge in [-0.25, -0.2) is 8.42 Å². The molecule has 24 heavy (non-hydrogen) atoms. The van der Waals surface area contributed by atoms with E-state index in [1.54, 1.807) is 24.3 Å². The second kappa shape index (κ2) is 9.03. The van der Waals surface area contributed by atoms with Crippen LogP contribution in [0.5, 0.6) is 0 Å². The molecule has 1 heterocycles. The molecule has 0 amide bonds. The number of ether oxygens (including phenoxy) is 1. The van der Waals surface area contributed by atoms with Crippen molar-refractivity contribution in [3.8, 4) is 0 Å². The van der Waals surface area contributed by atoms with E-state index in [9.17, 15) is 8.42 Å². The zero-order valence-corrected chi connectivity index (χ0v) is 15.3. The normalized spacial score (nSPS) is 18.6. The number of benzene rings is 1. The van der Waals surface area contributed by atoms with Crippen molar-refractivity contribution < 1.29 is 13.2 Å². The summed E-state index contributed by atoms with van der Waals surface area (Å²) in [4.78, 5) is 6.88. The van der Waals surface area contributed by atoms with E-state index in [-0.39, 0.29) is 12.3 Å². The molecule has 0 saturated carbocycles. The van der Waals surface area contributed by atoms with Crippen molar-refractivity contribution in [3.63, 3.8) is 0 Å². The van der Waals surface area contributed by atoms with E-state index in [0.717, 1.165) is 38.7 Å². The smallest absolute Gasteiger partial charge is 0.193 e. The number of guanidine groups is 1. The van der Waals surface area contributed by atoms with Crippen LogP contribution in [0.3, 0.4) is 0 Å². The Balaban J connectivity index is 1.95. The summed E-state index contributed by atoms with van der Waals surface area (Å²) in [5.41, 5.74) is 0. The molecule has 1 unspecified atom stereocenters. The fourth-order valence-electron chi connectivity index (χ4n) is 2.69. The van der Waals surface area contributed by atoms with Crippen LogP contribution in [0.25, 0.3) is 0 Å². The topological polar surface area (TPSA) is 71.0 Å². The molecule has 1 aromatic carbocycles. The van der Waals surface area contributed by atoms with Crippen LogP contribution in [0.15, 0.2) is 40.2 Å². The number of nitrogens with zero attached hydrogens (tertiary/aromatic N) is 2. The number of hydrogen-bond acceptors (Lipinski definition) is 4. The quantitative estimate of drug-likeness (QED) is 0.593. The number of sulfone groups is 1. The Kier molecular flexibility index (Phi) is 7.05. The van der Waals surface area contributed by atoms with Gasteiger partial charge in [-0.1, -0.05) is 18.2 Å². The molecular weight excluding hydrogens is 326 g/mol. The zero-order valence-electron chi connectivity index (χ0n) is 14.4. The molecule has 0 radical (unpaired) electrons. The van der Waals surface area contributed by atoms with Gasteiger partial charge in [0.2, 0.25) is 0 Å². The zero-order chi connectivity index (χ0) is 17.4. The van der Waals surface area contributed by atoms with Crippen LogP contribution in [0, 0.1) is 5.92 Å². The molecule has 1 aliphatic heterocycles. The molecule has 1 N–H and O–H groups in total. The monoisotopic (exact) mass is 353 g/mol. The molecule has 1 aliphatic rings. The predicted octanol–water partition coefficient (Wildman–Crippen LogP) is 1.39. The second-order valence-corrected chi connectivity index (χ2v) is 8.09. The molecular formula is C17H27N3O3S. The van der Waals surface area contributed by atoms with E-state index in [1.807, 2.05) is 20.0 Å². The maximum Gasteiger partial charge on any atom is 0.193 e. The van der Waals surface area contributed by atoms with Gasteiger partial charge in [0.25, 0.3) is 0 Å². The van der Waals surface area contributed by atoms with Gasteiger partial charge in [0.05, 0.1) is 23.8 Å². The van der Waals surface area contributed by atoms with E-state index < -0.39 is 9.84 Å². The van der Waals surface area contributed by atoms with Gasteiger partial charge in [-0.05, 0) is 25.5 Å². The maximum atomic E-state index is 12.3. The third-order valence-electron chi connectivity index (χ3n) is 3.98. The van der Waals surface area contributed by atoms with Gasteiger partial charge < -0.3 is 15.0 Å². The van der Waals surface area contributed by atoms with Crippen molar-refractivity contribution in [2.45, 2.75) is 18.2 Å². The Hall–Kier alpha value is -1.60. The lowest BCUT2D eigenvalue weighted by Gasteiger charge is -2.24. The Morgan fingerprint density at radius 3 is 2.75 bits per heavy atom. The van der Waals surface area contributed by atoms with Gasteiger partial charge in [0.15, 0.2) is 15.8 Å². The SMILES string of the molecule is CCNC(=NCCS(=O)(=O)c1ccccc1)N(C)CC1CCOC1. The molecule has 1 atom stereocenters. The van der Waals surface area contributed by atoms with Gasteiger partial charge in [0, 0.05) is 32.7 Å². The average Bonchev–Trinajstić information content (AvgIpc) is 3.07. The van der Waals surface area contributed by atoms with Gasteiger partial charge in [-0.2, -0.15) is 0 Å². The fourth-order valence-corrected chi connectivity index (χ4v) is 3.83. The highest BCUT2D eigenvalue weighted by atomic mass is 32.2.